The normalized spacial score (nSPS) is 10.7. The van der Waals surface area contributed by atoms with Crippen LogP contribution in [0.15, 0.2) is 53.7 Å². The summed E-state index contributed by atoms with van der Waals surface area (Å²) in [7, 11) is 1.93. The van der Waals surface area contributed by atoms with Gasteiger partial charge in [-0.1, -0.05) is 54.2 Å². The van der Waals surface area contributed by atoms with Crippen LogP contribution in [0.25, 0.3) is 0 Å². The maximum atomic E-state index is 12.3. The highest BCUT2D eigenvalue weighted by Gasteiger charge is 2.12. The quantitative estimate of drug-likeness (QED) is 0.675. The number of aromatic nitrogens is 3. The molecule has 0 spiro atoms. The number of thioether (sulfide) groups is 1. The summed E-state index contributed by atoms with van der Waals surface area (Å²) >= 11 is 1.39. The first kappa shape index (κ1) is 18.2. The smallest absolute Gasteiger partial charge is 0.234 e. The van der Waals surface area contributed by atoms with Crippen LogP contribution in [-0.4, -0.2) is 26.4 Å². The van der Waals surface area contributed by atoms with Gasteiger partial charge in [-0.3, -0.25) is 4.79 Å². The second-order valence-corrected chi connectivity index (χ2v) is 7.15. The second kappa shape index (κ2) is 8.19. The van der Waals surface area contributed by atoms with Crippen LogP contribution in [0.5, 0.6) is 0 Å². The summed E-state index contributed by atoms with van der Waals surface area (Å²) in [5.74, 6) is 1.13. The number of benzene rings is 2. The molecule has 3 aromatic rings. The van der Waals surface area contributed by atoms with E-state index in [1.807, 2.05) is 61.9 Å². The molecule has 0 bridgehead atoms. The maximum absolute atomic E-state index is 12.3. The minimum atomic E-state index is -0.0451. The molecule has 26 heavy (non-hydrogen) atoms. The molecule has 134 valence electrons. The lowest BCUT2D eigenvalue weighted by molar-refractivity contribution is -0.113. The zero-order chi connectivity index (χ0) is 18.5. The first-order valence-electron chi connectivity index (χ1n) is 8.45. The van der Waals surface area contributed by atoms with E-state index in [2.05, 4.69) is 27.6 Å². The second-order valence-electron chi connectivity index (χ2n) is 6.20. The third kappa shape index (κ3) is 4.32. The Morgan fingerprint density at radius 1 is 1.08 bits per heavy atom. The van der Waals surface area contributed by atoms with Crippen molar-refractivity contribution in [3.05, 3.63) is 71.0 Å². The number of anilines is 1. The Kier molecular flexibility index (Phi) is 5.73. The van der Waals surface area contributed by atoms with Crippen LogP contribution < -0.4 is 5.32 Å². The zero-order valence-electron chi connectivity index (χ0n) is 15.2. The van der Waals surface area contributed by atoms with E-state index in [4.69, 9.17) is 0 Å². The van der Waals surface area contributed by atoms with Crippen LogP contribution >= 0.6 is 11.8 Å². The zero-order valence-corrected chi connectivity index (χ0v) is 16.0. The number of nitrogens with zero attached hydrogens (tertiary/aromatic N) is 3. The van der Waals surface area contributed by atoms with Gasteiger partial charge in [-0.15, -0.1) is 10.2 Å². The Bertz CT molecular complexity index is 905. The monoisotopic (exact) mass is 366 g/mol. The van der Waals surface area contributed by atoms with Gasteiger partial charge in [0.05, 0.1) is 5.75 Å². The average molecular weight is 366 g/mol. The highest BCUT2D eigenvalue weighted by atomic mass is 32.2. The van der Waals surface area contributed by atoms with Crippen molar-refractivity contribution < 1.29 is 4.79 Å². The Labute approximate surface area is 157 Å². The molecule has 0 atom stereocenters. The van der Waals surface area contributed by atoms with E-state index in [0.717, 1.165) is 34.2 Å². The lowest BCUT2D eigenvalue weighted by Crippen LogP contribution is -2.15. The molecule has 0 aliphatic carbocycles. The van der Waals surface area contributed by atoms with Gasteiger partial charge in [0.25, 0.3) is 0 Å². The minimum absolute atomic E-state index is 0.0451. The predicted octanol–water partition coefficient (Wildman–Crippen LogP) is 3.75. The van der Waals surface area contributed by atoms with E-state index < -0.39 is 0 Å². The topological polar surface area (TPSA) is 59.8 Å². The SMILES string of the molecule is Cc1cccc(NC(=O)CSc2nnc(Cc3ccccc3)n2C)c1C. The Morgan fingerprint density at radius 3 is 2.62 bits per heavy atom. The van der Waals surface area contributed by atoms with Crippen LogP contribution in [-0.2, 0) is 18.3 Å². The molecule has 0 aliphatic rings. The summed E-state index contributed by atoms with van der Waals surface area (Å²) in [5, 5.41) is 12.2. The van der Waals surface area contributed by atoms with Gasteiger partial charge in [-0.05, 0) is 36.6 Å². The number of amides is 1. The summed E-state index contributed by atoms with van der Waals surface area (Å²) in [6.45, 7) is 4.05. The van der Waals surface area contributed by atoms with Gasteiger partial charge in [-0.25, -0.2) is 0 Å². The molecule has 0 fully saturated rings. The molecular weight excluding hydrogens is 344 g/mol. The van der Waals surface area contributed by atoms with Gasteiger partial charge in [0, 0.05) is 19.2 Å². The molecule has 2 aromatic carbocycles. The van der Waals surface area contributed by atoms with Gasteiger partial charge >= 0.3 is 0 Å². The van der Waals surface area contributed by atoms with Crippen molar-refractivity contribution in [2.24, 2.45) is 7.05 Å². The van der Waals surface area contributed by atoms with Gasteiger partial charge in [0.2, 0.25) is 5.91 Å². The van der Waals surface area contributed by atoms with Crippen LogP contribution in [0.4, 0.5) is 5.69 Å². The van der Waals surface area contributed by atoms with Crippen molar-refractivity contribution in [3.8, 4) is 0 Å². The van der Waals surface area contributed by atoms with E-state index in [-0.39, 0.29) is 5.91 Å². The lowest BCUT2D eigenvalue weighted by Gasteiger charge is -2.10. The molecule has 1 N–H and O–H groups in total. The van der Waals surface area contributed by atoms with Crippen LogP contribution in [0.3, 0.4) is 0 Å². The predicted molar refractivity (Wildman–Crippen MR) is 106 cm³/mol. The number of hydrogen-bond donors (Lipinski definition) is 1. The molecule has 0 saturated carbocycles. The van der Waals surface area contributed by atoms with Crippen molar-refractivity contribution >= 4 is 23.4 Å². The van der Waals surface area contributed by atoms with E-state index in [9.17, 15) is 4.79 Å². The molecule has 0 aliphatic heterocycles. The lowest BCUT2D eigenvalue weighted by atomic mass is 10.1. The molecule has 5 nitrogen and oxygen atoms in total. The van der Waals surface area contributed by atoms with Crippen LogP contribution in [0, 0.1) is 13.8 Å². The standard InChI is InChI=1S/C20H22N4OS/c1-14-8-7-11-17(15(14)2)21-19(25)13-26-20-23-22-18(24(20)3)12-16-9-5-4-6-10-16/h4-11H,12-13H2,1-3H3,(H,21,25). The number of nitrogens with one attached hydrogen (secondary N) is 1. The summed E-state index contributed by atoms with van der Waals surface area (Å²) in [4.78, 5) is 12.3. The Morgan fingerprint density at radius 2 is 1.85 bits per heavy atom. The van der Waals surface area contributed by atoms with Crippen molar-refractivity contribution in [1.29, 1.82) is 0 Å². The number of hydrogen-bond acceptors (Lipinski definition) is 4. The molecule has 0 radical (unpaired) electrons. The van der Waals surface area contributed by atoms with Crippen molar-refractivity contribution in [3.63, 3.8) is 0 Å². The van der Waals surface area contributed by atoms with Crippen LogP contribution in [0.1, 0.15) is 22.5 Å². The van der Waals surface area contributed by atoms with E-state index in [1.165, 1.54) is 17.3 Å². The van der Waals surface area contributed by atoms with E-state index >= 15 is 0 Å². The van der Waals surface area contributed by atoms with Crippen LogP contribution in [0.2, 0.25) is 0 Å². The molecule has 0 unspecified atom stereocenters. The first-order chi connectivity index (χ1) is 12.5. The van der Waals surface area contributed by atoms with Crippen molar-refractivity contribution in [1.82, 2.24) is 14.8 Å². The third-order valence-corrected chi connectivity index (χ3v) is 5.36. The first-order valence-corrected chi connectivity index (χ1v) is 9.44. The molecule has 6 heteroatoms. The van der Waals surface area contributed by atoms with Gasteiger partial charge < -0.3 is 9.88 Å². The Balaban J connectivity index is 1.59. The molecular formula is C20H22N4OS. The molecule has 3 rings (SSSR count). The van der Waals surface area contributed by atoms with Crippen molar-refractivity contribution in [2.45, 2.75) is 25.4 Å². The third-order valence-electron chi connectivity index (χ3n) is 4.34. The molecule has 0 saturated heterocycles. The highest BCUT2D eigenvalue weighted by molar-refractivity contribution is 7.99. The summed E-state index contributed by atoms with van der Waals surface area (Å²) in [5.41, 5.74) is 4.30. The molecule has 1 aromatic heterocycles. The number of aryl methyl sites for hydroxylation is 1. The van der Waals surface area contributed by atoms with Gasteiger partial charge in [0.15, 0.2) is 5.16 Å². The number of carbonyl (C=O) groups excluding carboxylic acids is 1. The average Bonchev–Trinajstić information content (AvgIpc) is 2.98. The summed E-state index contributed by atoms with van der Waals surface area (Å²) < 4.78 is 1.95. The largest absolute Gasteiger partial charge is 0.325 e. The van der Waals surface area contributed by atoms with E-state index in [0.29, 0.717) is 5.75 Å². The fourth-order valence-corrected chi connectivity index (χ4v) is 3.34. The fraction of sp³-hybridized carbons (Fsp3) is 0.250. The van der Waals surface area contributed by atoms with Gasteiger partial charge in [-0.2, -0.15) is 0 Å². The van der Waals surface area contributed by atoms with Crippen molar-refractivity contribution in [2.75, 3.05) is 11.1 Å². The minimum Gasteiger partial charge on any atom is -0.325 e. The number of carbonyl (C=O) groups is 1. The van der Waals surface area contributed by atoms with E-state index in [1.54, 1.807) is 0 Å². The highest BCUT2D eigenvalue weighted by Crippen LogP contribution is 2.20. The molecule has 1 amide bonds. The molecule has 1 heterocycles. The maximum Gasteiger partial charge on any atom is 0.234 e. The summed E-state index contributed by atoms with van der Waals surface area (Å²) in [6.07, 6.45) is 0.722. The number of rotatable bonds is 6. The fourth-order valence-electron chi connectivity index (χ4n) is 2.61. The summed E-state index contributed by atoms with van der Waals surface area (Å²) in [6, 6.07) is 16.1. The van der Waals surface area contributed by atoms with Gasteiger partial charge in [0.1, 0.15) is 5.82 Å². The Hall–Kier alpha value is -2.60.